The fourth-order valence-electron chi connectivity index (χ4n) is 2.63. The van der Waals surface area contributed by atoms with E-state index < -0.39 is 0 Å². The highest BCUT2D eigenvalue weighted by molar-refractivity contribution is 5.39. The molecule has 0 radical (unpaired) electrons. The molecule has 0 heterocycles. The topological polar surface area (TPSA) is 21.3 Å². The van der Waals surface area contributed by atoms with Crippen LogP contribution in [0.3, 0.4) is 0 Å². The van der Waals surface area contributed by atoms with Crippen molar-refractivity contribution < 1.29 is 4.74 Å². The molecule has 124 valence electrons. The van der Waals surface area contributed by atoms with Crippen LogP contribution in [0.2, 0.25) is 0 Å². The highest BCUT2D eigenvalue weighted by atomic mass is 16.5. The molecule has 0 aliphatic rings. The maximum Gasteiger partial charge on any atom is 0.122 e. The number of nitrogens with one attached hydrogen (secondary N) is 1. The highest BCUT2D eigenvalue weighted by Crippen LogP contribution is 2.27. The number of rotatable bonds is 9. The van der Waals surface area contributed by atoms with Crippen LogP contribution in [-0.4, -0.2) is 19.7 Å². The van der Waals surface area contributed by atoms with Gasteiger partial charge in [0.25, 0.3) is 0 Å². The second-order valence-electron chi connectivity index (χ2n) is 6.38. The van der Waals surface area contributed by atoms with Gasteiger partial charge in [0.2, 0.25) is 0 Å². The lowest BCUT2D eigenvalue weighted by Gasteiger charge is -2.15. The lowest BCUT2D eigenvalue weighted by atomic mass is 10.0. The molecule has 0 aliphatic heterocycles. The van der Waals surface area contributed by atoms with E-state index in [-0.39, 0.29) is 0 Å². The molecule has 23 heavy (non-hydrogen) atoms. The first-order chi connectivity index (χ1) is 11.2. The Balaban J connectivity index is 1.65. The van der Waals surface area contributed by atoms with Crippen LogP contribution < -0.4 is 10.1 Å². The minimum absolute atomic E-state index is 0.495. The summed E-state index contributed by atoms with van der Waals surface area (Å²) in [6.45, 7) is 9.32. The van der Waals surface area contributed by atoms with Crippen LogP contribution in [0.15, 0.2) is 48.5 Å². The summed E-state index contributed by atoms with van der Waals surface area (Å²) in [5, 5.41) is 3.49. The van der Waals surface area contributed by atoms with Crippen molar-refractivity contribution >= 4 is 0 Å². The molecular weight excluding hydrogens is 282 g/mol. The first-order valence-electron chi connectivity index (χ1n) is 8.65. The molecule has 0 aromatic heterocycles. The van der Waals surface area contributed by atoms with Gasteiger partial charge in [-0.2, -0.15) is 0 Å². The third-order valence-electron chi connectivity index (χ3n) is 3.98. The molecule has 0 bridgehead atoms. The Kier molecular flexibility index (Phi) is 7.15. The average Bonchev–Trinajstić information content (AvgIpc) is 2.54. The summed E-state index contributed by atoms with van der Waals surface area (Å²) >= 11 is 0. The lowest BCUT2D eigenvalue weighted by Crippen LogP contribution is -2.20. The van der Waals surface area contributed by atoms with E-state index in [9.17, 15) is 0 Å². The highest BCUT2D eigenvalue weighted by Gasteiger charge is 2.07. The maximum atomic E-state index is 6.00. The summed E-state index contributed by atoms with van der Waals surface area (Å²) in [4.78, 5) is 0. The fraction of sp³-hybridized carbons (Fsp3) is 0.429. The van der Waals surface area contributed by atoms with Crippen LogP contribution in [0, 0.1) is 6.92 Å². The molecule has 0 unspecified atom stereocenters. The maximum absolute atomic E-state index is 6.00. The van der Waals surface area contributed by atoms with E-state index in [4.69, 9.17) is 4.74 Å². The number of benzene rings is 2. The van der Waals surface area contributed by atoms with Gasteiger partial charge in [0.05, 0.1) is 6.61 Å². The molecule has 1 N–H and O–H groups in total. The number of ether oxygens (including phenoxy) is 1. The van der Waals surface area contributed by atoms with Crippen LogP contribution in [-0.2, 0) is 6.42 Å². The third-order valence-corrected chi connectivity index (χ3v) is 3.98. The van der Waals surface area contributed by atoms with E-state index in [0.29, 0.717) is 5.92 Å². The molecule has 2 aromatic rings. The van der Waals surface area contributed by atoms with Crippen molar-refractivity contribution in [1.82, 2.24) is 5.32 Å². The molecule has 2 heteroatoms. The first kappa shape index (κ1) is 17.6. The van der Waals surface area contributed by atoms with Crippen LogP contribution in [0.1, 0.15) is 42.9 Å². The van der Waals surface area contributed by atoms with Gasteiger partial charge >= 0.3 is 0 Å². The van der Waals surface area contributed by atoms with Crippen LogP contribution in [0.5, 0.6) is 5.75 Å². The molecule has 0 atom stereocenters. The molecular formula is C21H29NO. The zero-order valence-electron chi connectivity index (χ0n) is 14.6. The van der Waals surface area contributed by atoms with E-state index in [2.05, 4.69) is 74.6 Å². The quantitative estimate of drug-likeness (QED) is 0.677. The standard InChI is InChI=1S/C21H29NO/c1-17(2)20-11-10-18(3)16-21(20)23-15-7-13-22-14-12-19-8-5-4-6-9-19/h4-6,8-11,16-17,22H,7,12-15H2,1-3H3. The SMILES string of the molecule is Cc1ccc(C(C)C)c(OCCCNCCc2ccccc2)c1. The van der Waals surface area contributed by atoms with Gasteiger partial charge in [-0.15, -0.1) is 0 Å². The summed E-state index contributed by atoms with van der Waals surface area (Å²) < 4.78 is 6.00. The fourth-order valence-corrected chi connectivity index (χ4v) is 2.63. The van der Waals surface area contributed by atoms with Crippen molar-refractivity contribution in [2.75, 3.05) is 19.7 Å². The molecule has 0 spiro atoms. The third kappa shape index (κ3) is 6.07. The van der Waals surface area contributed by atoms with Crippen LogP contribution in [0.25, 0.3) is 0 Å². The monoisotopic (exact) mass is 311 g/mol. The second kappa shape index (κ2) is 9.36. The number of hydrogen-bond donors (Lipinski definition) is 1. The predicted octanol–water partition coefficient (Wildman–Crippen LogP) is 4.72. The van der Waals surface area contributed by atoms with Gasteiger partial charge in [-0.25, -0.2) is 0 Å². The van der Waals surface area contributed by atoms with Crippen molar-refractivity contribution in [3.63, 3.8) is 0 Å². The summed E-state index contributed by atoms with van der Waals surface area (Å²) in [7, 11) is 0. The number of aryl methyl sites for hydroxylation is 1. The smallest absolute Gasteiger partial charge is 0.122 e. The van der Waals surface area contributed by atoms with E-state index in [1.165, 1.54) is 16.7 Å². The van der Waals surface area contributed by atoms with Gasteiger partial charge in [-0.3, -0.25) is 0 Å². The molecule has 0 saturated carbocycles. The normalized spacial score (nSPS) is 11.0. The van der Waals surface area contributed by atoms with Crippen LogP contribution >= 0.6 is 0 Å². The van der Waals surface area contributed by atoms with Crippen molar-refractivity contribution in [1.29, 1.82) is 0 Å². The van der Waals surface area contributed by atoms with E-state index >= 15 is 0 Å². The molecule has 2 nitrogen and oxygen atoms in total. The average molecular weight is 311 g/mol. The lowest BCUT2D eigenvalue weighted by molar-refractivity contribution is 0.304. The van der Waals surface area contributed by atoms with E-state index in [0.717, 1.165) is 38.3 Å². The molecule has 0 fully saturated rings. The Labute approximate surface area is 140 Å². The molecule has 2 aromatic carbocycles. The second-order valence-corrected chi connectivity index (χ2v) is 6.38. The van der Waals surface area contributed by atoms with Crippen molar-refractivity contribution in [3.8, 4) is 5.75 Å². The molecule has 0 amide bonds. The predicted molar refractivity (Wildman–Crippen MR) is 98.4 cm³/mol. The zero-order chi connectivity index (χ0) is 16.5. The number of hydrogen-bond acceptors (Lipinski definition) is 2. The summed E-state index contributed by atoms with van der Waals surface area (Å²) in [5.41, 5.74) is 3.94. The van der Waals surface area contributed by atoms with Gasteiger partial charge < -0.3 is 10.1 Å². The Morgan fingerprint density at radius 2 is 1.78 bits per heavy atom. The summed E-state index contributed by atoms with van der Waals surface area (Å²) in [5.74, 6) is 1.54. The van der Waals surface area contributed by atoms with Gasteiger partial charge in [0, 0.05) is 0 Å². The molecule has 0 saturated heterocycles. The molecule has 0 aliphatic carbocycles. The van der Waals surface area contributed by atoms with Gasteiger partial charge in [-0.1, -0.05) is 56.3 Å². The summed E-state index contributed by atoms with van der Waals surface area (Å²) in [6, 6.07) is 17.1. The largest absolute Gasteiger partial charge is 0.493 e. The Bertz CT molecular complexity index is 578. The zero-order valence-corrected chi connectivity index (χ0v) is 14.6. The first-order valence-corrected chi connectivity index (χ1v) is 8.65. The Morgan fingerprint density at radius 1 is 1.00 bits per heavy atom. The summed E-state index contributed by atoms with van der Waals surface area (Å²) in [6.07, 6.45) is 2.11. The van der Waals surface area contributed by atoms with Gasteiger partial charge in [0.15, 0.2) is 0 Å². The molecule has 2 rings (SSSR count). The van der Waals surface area contributed by atoms with E-state index in [1.807, 2.05) is 0 Å². The van der Waals surface area contributed by atoms with E-state index in [1.54, 1.807) is 0 Å². The van der Waals surface area contributed by atoms with Gasteiger partial charge in [0.1, 0.15) is 5.75 Å². The Hall–Kier alpha value is -1.80. The Morgan fingerprint density at radius 3 is 2.52 bits per heavy atom. The van der Waals surface area contributed by atoms with Crippen molar-refractivity contribution in [2.24, 2.45) is 0 Å². The van der Waals surface area contributed by atoms with Crippen molar-refractivity contribution in [2.45, 2.75) is 39.5 Å². The minimum atomic E-state index is 0.495. The minimum Gasteiger partial charge on any atom is -0.493 e. The van der Waals surface area contributed by atoms with Crippen molar-refractivity contribution in [3.05, 3.63) is 65.2 Å². The van der Waals surface area contributed by atoms with Gasteiger partial charge in [-0.05, 0) is 61.5 Å². The van der Waals surface area contributed by atoms with Crippen LogP contribution in [0.4, 0.5) is 0 Å².